The topological polar surface area (TPSA) is 67.9 Å². The highest BCUT2D eigenvalue weighted by Gasteiger charge is 2.38. The average Bonchev–Trinajstić information content (AvgIpc) is 2.69. The molecule has 9 heteroatoms. The van der Waals surface area contributed by atoms with Gasteiger partial charge in [0, 0.05) is 17.4 Å². The van der Waals surface area contributed by atoms with Crippen molar-refractivity contribution in [1.29, 1.82) is 0 Å². The first-order chi connectivity index (χ1) is 15.7. The number of fused-ring (bicyclic) bond motifs is 1. The highest BCUT2D eigenvalue weighted by atomic mass is 28.3. The van der Waals surface area contributed by atoms with Crippen LogP contribution in [0.25, 0.3) is 0 Å². The van der Waals surface area contributed by atoms with Gasteiger partial charge in [-0.15, -0.1) is 0 Å². The fourth-order valence-electron chi connectivity index (χ4n) is 4.10. The normalized spacial score (nSPS) is 16.0. The highest BCUT2D eigenvalue weighted by Crippen LogP contribution is 2.34. The van der Waals surface area contributed by atoms with Crippen LogP contribution < -0.4 is 15.2 Å². The van der Waals surface area contributed by atoms with Crippen molar-refractivity contribution in [1.82, 2.24) is 4.90 Å². The zero-order valence-corrected chi connectivity index (χ0v) is 21.7. The molecule has 1 aliphatic rings. The summed E-state index contributed by atoms with van der Waals surface area (Å²) in [7, 11) is -0.716. The predicted molar refractivity (Wildman–Crippen MR) is 130 cm³/mol. The van der Waals surface area contributed by atoms with E-state index >= 15 is 0 Å². The quantitative estimate of drug-likeness (QED) is 0.613. The van der Waals surface area contributed by atoms with E-state index in [1.54, 1.807) is 40.0 Å². The molecule has 184 valence electrons. The van der Waals surface area contributed by atoms with E-state index in [-0.39, 0.29) is 17.4 Å². The number of ether oxygens (including phenoxy) is 2. The summed E-state index contributed by atoms with van der Waals surface area (Å²) in [6, 6.07) is 6.48. The van der Waals surface area contributed by atoms with Crippen LogP contribution in [0.2, 0.25) is 19.6 Å². The number of nitrogens with zero attached hydrogens (tertiary/aromatic N) is 1. The molecule has 0 bridgehead atoms. The molecule has 1 atom stereocenters. The predicted octanol–water partition coefficient (Wildman–Crippen LogP) is 4.99. The standard InChI is InChI=1S/C25H32F2N2O4Si/c1-25(2,3)33-24(31)29-11-10-15-12-17(32-4)8-9-18(15)21(29)23(30)28-16-13-19(26)22(20(27)14-16)34(5,6)7/h8-9,12-14,21H,10-11H2,1-7H3,(H,28,30)/t21-/m1/s1. The van der Waals surface area contributed by atoms with E-state index in [1.807, 2.05) is 25.7 Å². The lowest BCUT2D eigenvalue weighted by Crippen LogP contribution is -2.47. The third-order valence-corrected chi connectivity index (χ3v) is 7.49. The van der Waals surface area contributed by atoms with E-state index in [1.165, 1.54) is 4.90 Å². The van der Waals surface area contributed by atoms with Crippen molar-refractivity contribution in [3.8, 4) is 5.75 Å². The van der Waals surface area contributed by atoms with E-state index in [0.717, 1.165) is 17.7 Å². The van der Waals surface area contributed by atoms with E-state index in [0.29, 0.717) is 17.7 Å². The van der Waals surface area contributed by atoms with Crippen LogP contribution in [-0.2, 0) is 16.0 Å². The van der Waals surface area contributed by atoms with Crippen molar-refractivity contribution in [2.45, 2.75) is 58.5 Å². The molecule has 1 aliphatic heterocycles. The second-order valence-electron chi connectivity index (χ2n) is 10.4. The summed E-state index contributed by atoms with van der Waals surface area (Å²) in [5.41, 5.74) is 0.699. The molecule has 1 N–H and O–H groups in total. The molecule has 0 saturated heterocycles. The Morgan fingerprint density at radius 2 is 1.71 bits per heavy atom. The minimum atomic E-state index is -2.27. The molecule has 0 aromatic heterocycles. The molecule has 0 unspecified atom stereocenters. The Morgan fingerprint density at radius 1 is 1.09 bits per heavy atom. The molecule has 2 aromatic carbocycles. The molecule has 0 spiro atoms. The van der Waals surface area contributed by atoms with Crippen LogP contribution in [0.4, 0.5) is 19.3 Å². The number of hydrogen-bond acceptors (Lipinski definition) is 4. The molecule has 0 fully saturated rings. The van der Waals surface area contributed by atoms with Crippen LogP contribution in [0.15, 0.2) is 30.3 Å². The summed E-state index contributed by atoms with van der Waals surface area (Å²) in [5.74, 6) is -1.33. The van der Waals surface area contributed by atoms with E-state index in [2.05, 4.69) is 5.32 Å². The molecule has 34 heavy (non-hydrogen) atoms. The molecule has 2 aromatic rings. The maximum Gasteiger partial charge on any atom is 0.411 e. The molecule has 0 radical (unpaired) electrons. The molecule has 6 nitrogen and oxygen atoms in total. The van der Waals surface area contributed by atoms with Gasteiger partial charge in [-0.25, -0.2) is 13.6 Å². The van der Waals surface area contributed by atoms with Gasteiger partial charge in [-0.1, -0.05) is 25.7 Å². The Balaban J connectivity index is 1.99. The minimum Gasteiger partial charge on any atom is -0.497 e. The molecule has 1 heterocycles. The summed E-state index contributed by atoms with van der Waals surface area (Å²) in [5, 5.41) is 2.68. The van der Waals surface area contributed by atoms with Crippen molar-refractivity contribution in [3.63, 3.8) is 0 Å². The zero-order valence-electron chi connectivity index (χ0n) is 20.7. The van der Waals surface area contributed by atoms with Gasteiger partial charge in [0.1, 0.15) is 29.0 Å². The third kappa shape index (κ3) is 5.57. The zero-order chi connectivity index (χ0) is 25.4. The number of nitrogens with one attached hydrogen (secondary N) is 1. The Labute approximate surface area is 200 Å². The van der Waals surface area contributed by atoms with Crippen LogP contribution in [0.5, 0.6) is 5.75 Å². The van der Waals surface area contributed by atoms with Crippen molar-refractivity contribution in [2.75, 3.05) is 19.0 Å². The monoisotopic (exact) mass is 490 g/mol. The van der Waals surface area contributed by atoms with Crippen molar-refractivity contribution >= 4 is 30.9 Å². The van der Waals surface area contributed by atoms with Crippen LogP contribution in [0.1, 0.15) is 37.9 Å². The maximum absolute atomic E-state index is 14.8. The largest absolute Gasteiger partial charge is 0.497 e. The molecular formula is C25H32F2N2O4Si. The summed E-state index contributed by atoms with van der Waals surface area (Å²) >= 11 is 0. The fourth-order valence-corrected chi connectivity index (χ4v) is 5.68. The summed E-state index contributed by atoms with van der Waals surface area (Å²) in [6.45, 7) is 11.0. The Hall–Kier alpha value is -2.94. The van der Waals surface area contributed by atoms with Gasteiger partial charge in [0.15, 0.2) is 0 Å². The van der Waals surface area contributed by atoms with Crippen LogP contribution in [0.3, 0.4) is 0 Å². The van der Waals surface area contributed by atoms with Crippen molar-refractivity contribution < 1.29 is 27.8 Å². The number of rotatable bonds is 4. The fraction of sp³-hybridized carbons (Fsp3) is 0.440. The molecule has 0 aliphatic carbocycles. The van der Waals surface area contributed by atoms with E-state index in [9.17, 15) is 18.4 Å². The van der Waals surface area contributed by atoms with Crippen LogP contribution >= 0.6 is 0 Å². The number of methoxy groups -OCH3 is 1. The van der Waals surface area contributed by atoms with E-state index < -0.39 is 43.4 Å². The van der Waals surface area contributed by atoms with E-state index in [4.69, 9.17) is 9.47 Å². The van der Waals surface area contributed by atoms with Gasteiger partial charge < -0.3 is 14.8 Å². The summed E-state index contributed by atoms with van der Waals surface area (Å²) in [6.07, 6.45) is -0.135. The summed E-state index contributed by atoms with van der Waals surface area (Å²) in [4.78, 5) is 27.7. The van der Waals surface area contributed by atoms with Gasteiger partial charge in [0.2, 0.25) is 0 Å². The first-order valence-electron chi connectivity index (χ1n) is 11.2. The Bertz CT molecular complexity index is 1090. The Morgan fingerprint density at radius 3 is 2.24 bits per heavy atom. The Kier molecular flexibility index (Phi) is 7.07. The third-order valence-electron chi connectivity index (χ3n) is 5.51. The number of halogens is 2. The van der Waals surface area contributed by atoms with Gasteiger partial charge in [-0.2, -0.15) is 0 Å². The number of amides is 2. The molecular weight excluding hydrogens is 458 g/mol. The van der Waals surface area contributed by atoms with Crippen LogP contribution in [-0.4, -0.2) is 44.2 Å². The number of hydrogen-bond donors (Lipinski definition) is 1. The van der Waals surface area contributed by atoms with Crippen molar-refractivity contribution in [3.05, 3.63) is 53.1 Å². The SMILES string of the molecule is COc1ccc2c(c1)CCN(C(=O)OC(C)(C)C)[C@H]2C(=O)Nc1cc(F)c([Si](C)(C)C)c(F)c1. The average molecular weight is 491 g/mol. The number of benzene rings is 2. The summed E-state index contributed by atoms with van der Waals surface area (Å²) < 4.78 is 40.3. The first-order valence-corrected chi connectivity index (χ1v) is 14.7. The lowest BCUT2D eigenvalue weighted by molar-refractivity contribution is -0.121. The number of anilines is 1. The van der Waals surface area contributed by atoms with Crippen LogP contribution in [0, 0.1) is 11.6 Å². The highest BCUT2D eigenvalue weighted by molar-refractivity contribution is 6.88. The maximum atomic E-state index is 14.8. The van der Waals surface area contributed by atoms with Gasteiger partial charge in [-0.05, 0) is 62.6 Å². The number of carbonyl (C=O) groups excluding carboxylic acids is 2. The molecule has 2 amide bonds. The minimum absolute atomic E-state index is 0.00762. The number of carbonyl (C=O) groups is 2. The van der Waals surface area contributed by atoms with Crippen molar-refractivity contribution in [2.24, 2.45) is 0 Å². The second kappa shape index (κ2) is 9.36. The van der Waals surface area contributed by atoms with Gasteiger partial charge >= 0.3 is 6.09 Å². The van der Waals surface area contributed by atoms with Gasteiger partial charge in [0.05, 0.1) is 15.2 Å². The second-order valence-corrected chi connectivity index (χ2v) is 15.4. The smallest absolute Gasteiger partial charge is 0.411 e. The molecule has 3 rings (SSSR count). The lowest BCUT2D eigenvalue weighted by atomic mass is 9.92. The first kappa shape index (κ1) is 25.7. The van der Waals surface area contributed by atoms with Gasteiger partial charge in [0.25, 0.3) is 5.91 Å². The molecule has 0 saturated carbocycles. The van der Waals surface area contributed by atoms with Gasteiger partial charge in [-0.3, -0.25) is 9.69 Å². The lowest BCUT2D eigenvalue weighted by Gasteiger charge is -2.37.